The molecule has 1 nitrogen and oxygen atoms in total. The average molecular weight is 497 g/mol. The van der Waals surface area contributed by atoms with Gasteiger partial charge in [-0.15, -0.1) is 0 Å². The Hall–Kier alpha value is -5.14. The van der Waals surface area contributed by atoms with E-state index in [1.165, 1.54) is 43.4 Å². The Morgan fingerprint density at radius 1 is 0.282 bits per heavy atom. The van der Waals surface area contributed by atoms with Gasteiger partial charge in [0.2, 0.25) is 0 Å². The van der Waals surface area contributed by atoms with Crippen molar-refractivity contribution in [3.8, 4) is 33.8 Å². The van der Waals surface area contributed by atoms with Crippen molar-refractivity contribution in [2.45, 2.75) is 0 Å². The first-order valence-corrected chi connectivity index (χ1v) is 13.4. The van der Waals surface area contributed by atoms with E-state index in [1.54, 1.807) is 0 Å². The number of rotatable bonds is 3. The lowest BCUT2D eigenvalue weighted by Gasteiger charge is -2.13. The summed E-state index contributed by atoms with van der Waals surface area (Å²) in [5.74, 6) is 1.82. The van der Waals surface area contributed by atoms with Gasteiger partial charge in [-0.3, -0.25) is 0 Å². The van der Waals surface area contributed by atoms with Gasteiger partial charge in [-0.05, 0) is 38.1 Å². The SMILES string of the molecule is c1ccc(-c2ccccc2-c2oc(-c3cccc4c5ccccc5c5ccccc5c34)c3ccccc23)cc1. The molecule has 0 aliphatic carbocycles. The van der Waals surface area contributed by atoms with Crippen molar-refractivity contribution in [2.75, 3.05) is 0 Å². The number of hydrogen-bond acceptors (Lipinski definition) is 1. The molecule has 0 aliphatic rings. The first kappa shape index (κ1) is 21.9. The van der Waals surface area contributed by atoms with E-state index in [0.29, 0.717) is 0 Å². The fraction of sp³-hybridized carbons (Fsp3) is 0. The van der Waals surface area contributed by atoms with Gasteiger partial charge in [0.1, 0.15) is 11.5 Å². The number of furan rings is 1. The first-order chi connectivity index (χ1) is 19.4. The maximum atomic E-state index is 6.97. The summed E-state index contributed by atoms with van der Waals surface area (Å²) < 4.78 is 6.97. The Labute approximate surface area is 226 Å². The lowest BCUT2D eigenvalue weighted by atomic mass is 9.90. The van der Waals surface area contributed by atoms with Gasteiger partial charge in [-0.25, -0.2) is 0 Å². The smallest absolute Gasteiger partial charge is 0.143 e. The topological polar surface area (TPSA) is 13.1 Å². The second kappa shape index (κ2) is 8.72. The predicted molar refractivity (Wildman–Crippen MR) is 165 cm³/mol. The Balaban J connectivity index is 1.48. The molecule has 0 saturated carbocycles. The summed E-state index contributed by atoms with van der Waals surface area (Å²) in [4.78, 5) is 0. The maximum absolute atomic E-state index is 6.97. The van der Waals surface area contributed by atoms with E-state index in [1.807, 2.05) is 0 Å². The van der Waals surface area contributed by atoms with Crippen LogP contribution in [0, 0.1) is 0 Å². The van der Waals surface area contributed by atoms with Crippen LogP contribution in [0.2, 0.25) is 0 Å². The third kappa shape index (κ3) is 3.34. The van der Waals surface area contributed by atoms with Crippen LogP contribution in [0.1, 0.15) is 0 Å². The van der Waals surface area contributed by atoms with Gasteiger partial charge in [0.25, 0.3) is 0 Å². The van der Waals surface area contributed by atoms with Crippen molar-refractivity contribution in [3.05, 3.63) is 146 Å². The highest BCUT2D eigenvalue weighted by atomic mass is 16.3. The normalized spacial score (nSPS) is 11.6. The average Bonchev–Trinajstić information content (AvgIpc) is 3.41. The van der Waals surface area contributed by atoms with E-state index in [4.69, 9.17) is 4.42 Å². The van der Waals surface area contributed by atoms with Crippen LogP contribution in [-0.4, -0.2) is 0 Å². The second-order valence-corrected chi connectivity index (χ2v) is 10.0. The Morgan fingerprint density at radius 2 is 0.692 bits per heavy atom. The molecule has 0 spiro atoms. The third-order valence-electron chi connectivity index (χ3n) is 7.89. The van der Waals surface area contributed by atoms with Crippen molar-refractivity contribution in [1.29, 1.82) is 0 Å². The monoisotopic (exact) mass is 496 g/mol. The molecule has 0 atom stereocenters. The highest BCUT2D eigenvalue weighted by molar-refractivity contribution is 6.29. The summed E-state index contributed by atoms with van der Waals surface area (Å²) in [6.45, 7) is 0. The zero-order valence-corrected chi connectivity index (χ0v) is 21.3. The van der Waals surface area contributed by atoms with Crippen LogP contribution in [0.5, 0.6) is 0 Å². The first-order valence-electron chi connectivity index (χ1n) is 13.4. The fourth-order valence-electron chi connectivity index (χ4n) is 6.19. The van der Waals surface area contributed by atoms with Crippen LogP contribution in [0.15, 0.2) is 150 Å². The molecule has 0 unspecified atom stereocenters. The van der Waals surface area contributed by atoms with Crippen LogP contribution < -0.4 is 0 Å². The summed E-state index contributed by atoms with van der Waals surface area (Å²) in [6.07, 6.45) is 0. The molecular weight excluding hydrogens is 472 g/mol. The molecule has 0 N–H and O–H groups in total. The molecule has 0 amide bonds. The molecule has 1 heterocycles. The van der Waals surface area contributed by atoms with E-state index in [2.05, 4.69) is 146 Å². The summed E-state index contributed by atoms with van der Waals surface area (Å²) >= 11 is 0. The number of benzene rings is 7. The summed E-state index contributed by atoms with van der Waals surface area (Å²) in [6, 6.07) is 51.7. The van der Waals surface area contributed by atoms with Crippen molar-refractivity contribution in [3.63, 3.8) is 0 Å². The van der Waals surface area contributed by atoms with E-state index < -0.39 is 0 Å². The van der Waals surface area contributed by atoms with Crippen LogP contribution in [0.25, 0.3) is 76.9 Å². The van der Waals surface area contributed by atoms with Crippen molar-refractivity contribution in [2.24, 2.45) is 0 Å². The van der Waals surface area contributed by atoms with Crippen LogP contribution in [-0.2, 0) is 0 Å². The predicted octanol–water partition coefficient (Wildman–Crippen LogP) is 10.9. The van der Waals surface area contributed by atoms with Crippen LogP contribution in [0.4, 0.5) is 0 Å². The van der Waals surface area contributed by atoms with Crippen molar-refractivity contribution < 1.29 is 4.42 Å². The minimum Gasteiger partial charge on any atom is -0.455 e. The molecule has 8 aromatic rings. The highest BCUT2D eigenvalue weighted by Crippen LogP contribution is 2.46. The minimum absolute atomic E-state index is 0.905. The zero-order valence-electron chi connectivity index (χ0n) is 21.3. The molecule has 8 rings (SSSR count). The molecule has 39 heavy (non-hydrogen) atoms. The van der Waals surface area contributed by atoms with E-state index in [-0.39, 0.29) is 0 Å². The Morgan fingerprint density at radius 3 is 1.33 bits per heavy atom. The Kier molecular flexibility index (Phi) is 4.89. The molecular formula is C38H24O. The molecule has 0 saturated heterocycles. The third-order valence-corrected chi connectivity index (χ3v) is 7.89. The van der Waals surface area contributed by atoms with Crippen LogP contribution >= 0.6 is 0 Å². The van der Waals surface area contributed by atoms with E-state index in [0.717, 1.165) is 33.4 Å². The molecule has 1 aromatic heterocycles. The maximum Gasteiger partial charge on any atom is 0.143 e. The van der Waals surface area contributed by atoms with Gasteiger partial charge in [0, 0.05) is 27.3 Å². The van der Waals surface area contributed by atoms with E-state index in [9.17, 15) is 0 Å². The number of hydrogen-bond donors (Lipinski definition) is 0. The lowest BCUT2D eigenvalue weighted by Crippen LogP contribution is -1.86. The summed E-state index contributed by atoms with van der Waals surface area (Å²) in [7, 11) is 0. The van der Waals surface area contributed by atoms with Gasteiger partial charge in [0.05, 0.1) is 0 Å². The quantitative estimate of drug-likeness (QED) is 0.222. The van der Waals surface area contributed by atoms with Gasteiger partial charge in [-0.1, -0.05) is 146 Å². The second-order valence-electron chi connectivity index (χ2n) is 10.0. The molecule has 7 aromatic carbocycles. The minimum atomic E-state index is 0.905. The highest BCUT2D eigenvalue weighted by Gasteiger charge is 2.21. The molecule has 0 aliphatic heterocycles. The van der Waals surface area contributed by atoms with Crippen molar-refractivity contribution >= 4 is 43.1 Å². The molecule has 0 fully saturated rings. The molecule has 0 radical (unpaired) electrons. The van der Waals surface area contributed by atoms with E-state index >= 15 is 0 Å². The lowest BCUT2D eigenvalue weighted by molar-refractivity contribution is 0.603. The van der Waals surface area contributed by atoms with Crippen molar-refractivity contribution in [1.82, 2.24) is 0 Å². The molecule has 1 heteroatoms. The van der Waals surface area contributed by atoms with Gasteiger partial charge in [0.15, 0.2) is 0 Å². The van der Waals surface area contributed by atoms with Gasteiger partial charge >= 0.3 is 0 Å². The van der Waals surface area contributed by atoms with Crippen LogP contribution in [0.3, 0.4) is 0 Å². The summed E-state index contributed by atoms with van der Waals surface area (Å²) in [5, 5.41) is 9.77. The Bertz CT molecular complexity index is 2120. The van der Waals surface area contributed by atoms with Gasteiger partial charge in [-0.2, -0.15) is 0 Å². The van der Waals surface area contributed by atoms with Gasteiger partial charge < -0.3 is 4.42 Å². The summed E-state index contributed by atoms with van der Waals surface area (Å²) in [5.41, 5.74) is 4.56. The number of fused-ring (bicyclic) bond motifs is 7. The zero-order chi connectivity index (χ0) is 25.8. The largest absolute Gasteiger partial charge is 0.455 e. The fourth-order valence-corrected chi connectivity index (χ4v) is 6.19. The molecule has 182 valence electrons. The standard InChI is InChI=1S/C38H24O/c1-2-13-25(14-3-1)26-15-4-9-20-32(26)37-33-21-10-11-22-34(33)38(39-37)35-24-12-23-31-29-17-6-5-16-27(29)28-18-7-8-19-30(28)36(31)35/h1-24H. The molecule has 0 bridgehead atoms.